The van der Waals surface area contributed by atoms with Gasteiger partial charge in [0.15, 0.2) is 5.15 Å². The van der Waals surface area contributed by atoms with Crippen LogP contribution in [0.5, 0.6) is 0 Å². The highest BCUT2D eigenvalue weighted by atomic mass is 35.5. The molecule has 0 aliphatic carbocycles. The van der Waals surface area contributed by atoms with Crippen LogP contribution in [-0.2, 0) is 4.79 Å². The van der Waals surface area contributed by atoms with Gasteiger partial charge in [-0.1, -0.05) is 32.4 Å². The van der Waals surface area contributed by atoms with Crippen LogP contribution in [0.4, 0.5) is 5.69 Å². The van der Waals surface area contributed by atoms with E-state index in [-0.39, 0.29) is 11.3 Å². The van der Waals surface area contributed by atoms with Gasteiger partial charge < -0.3 is 11.1 Å². The molecule has 0 spiro atoms. The van der Waals surface area contributed by atoms with E-state index in [1.165, 1.54) is 0 Å². The molecule has 0 atom stereocenters. The molecule has 0 saturated heterocycles. The lowest BCUT2D eigenvalue weighted by molar-refractivity contribution is -0.117. The number of nitrogens with one attached hydrogen (secondary N) is 1. The van der Waals surface area contributed by atoms with Crippen LogP contribution in [0.15, 0.2) is 18.3 Å². The fourth-order valence-corrected chi connectivity index (χ4v) is 2.24. The van der Waals surface area contributed by atoms with Crippen LogP contribution >= 0.6 is 11.6 Å². The SMILES string of the molecule is CCCN(CC(=O)Nc1cccnc1Cl)CC(C)(C)CN. The summed E-state index contributed by atoms with van der Waals surface area (Å²) in [5.74, 6) is -0.0915. The van der Waals surface area contributed by atoms with Crippen molar-refractivity contribution >= 4 is 23.2 Å². The molecule has 1 aromatic rings. The molecular weight excluding hydrogens is 288 g/mol. The molecule has 1 amide bonds. The summed E-state index contributed by atoms with van der Waals surface area (Å²) < 4.78 is 0. The van der Waals surface area contributed by atoms with Crippen molar-refractivity contribution in [2.24, 2.45) is 11.1 Å². The summed E-state index contributed by atoms with van der Waals surface area (Å²) >= 11 is 5.94. The molecule has 0 unspecified atom stereocenters. The van der Waals surface area contributed by atoms with Crippen molar-refractivity contribution in [3.8, 4) is 0 Å². The number of hydrogen-bond donors (Lipinski definition) is 2. The van der Waals surface area contributed by atoms with Gasteiger partial charge >= 0.3 is 0 Å². The summed E-state index contributed by atoms with van der Waals surface area (Å²) in [6, 6.07) is 3.48. The summed E-state index contributed by atoms with van der Waals surface area (Å²) in [4.78, 5) is 18.2. The van der Waals surface area contributed by atoms with E-state index in [0.29, 0.717) is 23.9 Å². The average Bonchev–Trinajstić information content (AvgIpc) is 2.41. The van der Waals surface area contributed by atoms with E-state index in [9.17, 15) is 4.79 Å². The highest BCUT2D eigenvalue weighted by Gasteiger charge is 2.21. The summed E-state index contributed by atoms with van der Waals surface area (Å²) in [5.41, 5.74) is 6.30. The average molecular weight is 313 g/mol. The lowest BCUT2D eigenvalue weighted by atomic mass is 9.93. The van der Waals surface area contributed by atoms with E-state index >= 15 is 0 Å². The molecular formula is C15H25ClN4O. The highest BCUT2D eigenvalue weighted by Crippen LogP contribution is 2.18. The number of pyridine rings is 1. The number of aromatic nitrogens is 1. The molecule has 21 heavy (non-hydrogen) atoms. The monoisotopic (exact) mass is 312 g/mol. The summed E-state index contributed by atoms with van der Waals surface area (Å²) in [6.45, 7) is 8.85. The van der Waals surface area contributed by atoms with Crippen molar-refractivity contribution in [2.75, 3.05) is 31.5 Å². The van der Waals surface area contributed by atoms with Gasteiger partial charge in [-0.15, -0.1) is 0 Å². The molecule has 0 saturated carbocycles. The van der Waals surface area contributed by atoms with E-state index in [2.05, 4.69) is 36.0 Å². The van der Waals surface area contributed by atoms with Gasteiger partial charge in [0.05, 0.1) is 12.2 Å². The Morgan fingerprint density at radius 1 is 1.52 bits per heavy atom. The minimum Gasteiger partial charge on any atom is -0.330 e. The molecule has 1 heterocycles. The zero-order chi connectivity index (χ0) is 15.9. The van der Waals surface area contributed by atoms with Crippen LogP contribution in [0.2, 0.25) is 5.15 Å². The van der Waals surface area contributed by atoms with Crippen molar-refractivity contribution in [3.05, 3.63) is 23.5 Å². The maximum absolute atomic E-state index is 12.2. The maximum Gasteiger partial charge on any atom is 0.238 e. The maximum atomic E-state index is 12.2. The molecule has 0 aliphatic heterocycles. The van der Waals surface area contributed by atoms with Crippen molar-refractivity contribution < 1.29 is 4.79 Å². The van der Waals surface area contributed by atoms with E-state index in [4.69, 9.17) is 17.3 Å². The first kappa shape index (κ1) is 17.9. The van der Waals surface area contributed by atoms with E-state index < -0.39 is 0 Å². The van der Waals surface area contributed by atoms with Crippen molar-refractivity contribution in [3.63, 3.8) is 0 Å². The quantitative estimate of drug-likeness (QED) is 0.723. The van der Waals surface area contributed by atoms with Gasteiger partial charge in [0.2, 0.25) is 5.91 Å². The number of nitrogens with zero attached hydrogens (tertiary/aromatic N) is 2. The predicted octanol–water partition coefficient (Wildman–Crippen LogP) is 2.37. The second-order valence-corrected chi connectivity index (χ2v) is 6.33. The van der Waals surface area contributed by atoms with Crippen LogP contribution in [0.25, 0.3) is 0 Å². The van der Waals surface area contributed by atoms with E-state index in [1.807, 2.05) is 0 Å². The number of carbonyl (C=O) groups is 1. The first-order valence-electron chi connectivity index (χ1n) is 7.20. The molecule has 1 rings (SSSR count). The Bertz CT molecular complexity index is 465. The molecule has 1 aromatic heterocycles. The summed E-state index contributed by atoms with van der Waals surface area (Å²) in [5, 5.41) is 3.10. The van der Waals surface area contributed by atoms with Crippen LogP contribution < -0.4 is 11.1 Å². The van der Waals surface area contributed by atoms with Crippen LogP contribution in [-0.4, -0.2) is 42.0 Å². The molecule has 0 aliphatic rings. The van der Waals surface area contributed by atoms with Crippen molar-refractivity contribution in [1.82, 2.24) is 9.88 Å². The van der Waals surface area contributed by atoms with E-state index in [0.717, 1.165) is 19.5 Å². The number of anilines is 1. The number of halogens is 1. The summed E-state index contributed by atoms with van der Waals surface area (Å²) in [7, 11) is 0. The van der Waals surface area contributed by atoms with Gasteiger partial charge in [0.1, 0.15) is 0 Å². The first-order chi connectivity index (χ1) is 9.88. The normalized spacial score (nSPS) is 11.7. The molecule has 3 N–H and O–H groups in total. The van der Waals surface area contributed by atoms with Gasteiger partial charge in [-0.25, -0.2) is 4.98 Å². The van der Waals surface area contributed by atoms with Gasteiger partial charge in [-0.2, -0.15) is 0 Å². The van der Waals surface area contributed by atoms with Gasteiger partial charge in [0, 0.05) is 12.7 Å². The number of amides is 1. The number of carbonyl (C=O) groups excluding carboxylic acids is 1. The van der Waals surface area contributed by atoms with Gasteiger partial charge in [-0.3, -0.25) is 9.69 Å². The Morgan fingerprint density at radius 2 is 2.24 bits per heavy atom. The second-order valence-electron chi connectivity index (χ2n) is 5.97. The lowest BCUT2D eigenvalue weighted by Crippen LogP contribution is -2.42. The smallest absolute Gasteiger partial charge is 0.238 e. The molecule has 5 nitrogen and oxygen atoms in total. The fourth-order valence-electron chi connectivity index (χ4n) is 2.07. The molecule has 0 bridgehead atoms. The third-order valence-electron chi connectivity index (χ3n) is 3.14. The largest absolute Gasteiger partial charge is 0.330 e. The molecule has 0 fully saturated rings. The zero-order valence-corrected chi connectivity index (χ0v) is 13.8. The Hall–Kier alpha value is -1.17. The molecule has 0 radical (unpaired) electrons. The molecule has 6 heteroatoms. The second kappa shape index (κ2) is 8.32. The number of nitrogens with two attached hydrogens (primary N) is 1. The topological polar surface area (TPSA) is 71.2 Å². The fraction of sp³-hybridized carbons (Fsp3) is 0.600. The predicted molar refractivity (Wildman–Crippen MR) is 87.4 cm³/mol. The first-order valence-corrected chi connectivity index (χ1v) is 7.58. The van der Waals surface area contributed by atoms with E-state index in [1.54, 1.807) is 18.3 Å². The van der Waals surface area contributed by atoms with Gasteiger partial charge in [-0.05, 0) is 37.1 Å². The third kappa shape index (κ3) is 6.42. The minimum atomic E-state index is -0.0915. The Labute approximate surface area is 131 Å². The summed E-state index contributed by atoms with van der Waals surface area (Å²) in [6.07, 6.45) is 2.58. The Balaban J connectivity index is 2.62. The minimum absolute atomic E-state index is 0.0125. The van der Waals surface area contributed by atoms with Crippen molar-refractivity contribution in [1.29, 1.82) is 0 Å². The van der Waals surface area contributed by atoms with Gasteiger partial charge in [0.25, 0.3) is 0 Å². The standard InChI is InChI=1S/C15H25ClN4O/c1-4-8-20(11-15(2,3)10-17)9-13(21)19-12-6-5-7-18-14(12)16/h5-7H,4,8-11,17H2,1-3H3,(H,19,21). The third-order valence-corrected chi connectivity index (χ3v) is 3.45. The molecule has 0 aromatic carbocycles. The Kier molecular flexibility index (Phi) is 7.08. The van der Waals surface area contributed by atoms with Crippen molar-refractivity contribution in [2.45, 2.75) is 27.2 Å². The zero-order valence-electron chi connectivity index (χ0n) is 13.0. The lowest BCUT2D eigenvalue weighted by Gasteiger charge is -2.31. The molecule has 118 valence electrons. The number of rotatable bonds is 8. The Morgan fingerprint density at radius 3 is 2.81 bits per heavy atom. The number of hydrogen-bond acceptors (Lipinski definition) is 4. The highest BCUT2D eigenvalue weighted by molar-refractivity contribution is 6.32. The van der Waals surface area contributed by atoms with Crippen LogP contribution in [0, 0.1) is 5.41 Å². The van der Waals surface area contributed by atoms with Crippen LogP contribution in [0.3, 0.4) is 0 Å². The van der Waals surface area contributed by atoms with Crippen LogP contribution in [0.1, 0.15) is 27.2 Å².